The first-order chi connectivity index (χ1) is 27.0. The number of amides is 4. The van der Waals surface area contributed by atoms with E-state index in [1.807, 2.05) is 43.3 Å². The van der Waals surface area contributed by atoms with Gasteiger partial charge in [0.15, 0.2) is 0 Å². The molecule has 6 atom stereocenters. The largest absolute Gasteiger partial charge is 0.507 e. The lowest BCUT2D eigenvalue weighted by Gasteiger charge is -2.49. The number of halogens is 1. The first kappa shape index (κ1) is 36.8. The summed E-state index contributed by atoms with van der Waals surface area (Å²) in [5, 5.41) is 37.1. The van der Waals surface area contributed by atoms with Gasteiger partial charge in [0.05, 0.1) is 33.7 Å². The summed E-state index contributed by atoms with van der Waals surface area (Å²) in [7, 11) is 1.69. The van der Waals surface area contributed by atoms with Gasteiger partial charge in [0.2, 0.25) is 23.6 Å². The van der Waals surface area contributed by atoms with E-state index in [4.69, 9.17) is 16.7 Å². The van der Waals surface area contributed by atoms with Gasteiger partial charge in [-0.1, -0.05) is 35.4 Å². The van der Waals surface area contributed by atoms with Crippen molar-refractivity contribution in [3.63, 3.8) is 0 Å². The van der Waals surface area contributed by atoms with Crippen LogP contribution in [0.15, 0.2) is 66.2 Å². The van der Waals surface area contributed by atoms with Crippen molar-refractivity contribution in [3.8, 4) is 22.1 Å². The zero-order valence-corrected chi connectivity index (χ0v) is 33.1. The Labute approximate surface area is 335 Å². The summed E-state index contributed by atoms with van der Waals surface area (Å²) in [6.45, 7) is 7.34. The smallest absolute Gasteiger partial charge is 0.339 e. The molecule has 3 fully saturated rings. The summed E-state index contributed by atoms with van der Waals surface area (Å²) in [5.74, 6) is -7.22. The van der Waals surface area contributed by atoms with Gasteiger partial charge in [0.25, 0.3) is 0 Å². The van der Waals surface area contributed by atoms with Gasteiger partial charge in [-0.2, -0.15) is 5.10 Å². The number of aromatic carboxylic acids is 1. The van der Waals surface area contributed by atoms with E-state index in [0.717, 1.165) is 43.1 Å². The maximum atomic E-state index is 15.2. The topological polar surface area (TPSA) is 170 Å². The molecule has 4 amide bonds. The molecule has 0 radical (unpaired) electrons. The fourth-order valence-corrected chi connectivity index (χ4v) is 11.4. The fourth-order valence-electron chi connectivity index (χ4n) is 10.1. The number of aromatic hydroxyl groups is 2. The summed E-state index contributed by atoms with van der Waals surface area (Å²) in [6, 6.07) is 14.7. The fraction of sp³-hybridized carbons (Fsp3) is 0.302. The van der Waals surface area contributed by atoms with Gasteiger partial charge in [-0.15, -0.1) is 11.3 Å². The second-order valence-electron chi connectivity index (χ2n) is 15.9. The number of thiophene rings is 1. The summed E-state index contributed by atoms with van der Waals surface area (Å²) >= 11 is 7.86. The highest BCUT2D eigenvalue weighted by atomic mass is 35.5. The molecule has 5 aromatic rings. The van der Waals surface area contributed by atoms with E-state index >= 15 is 4.79 Å². The minimum absolute atomic E-state index is 0.0488. The first-order valence-electron chi connectivity index (χ1n) is 18.6. The van der Waals surface area contributed by atoms with E-state index in [1.54, 1.807) is 45.2 Å². The lowest BCUT2D eigenvalue weighted by atomic mass is 9.51. The molecule has 4 aliphatic rings. The number of carboxylic acid groups (broad SMARTS) is 1. The van der Waals surface area contributed by atoms with Gasteiger partial charge in [0, 0.05) is 34.8 Å². The number of aromatic nitrogens is 2. The monoisotopic (exact) mass is 804 g/mol. The Morgan fingerprint density at radius 1 is 0.912 bits per heavy atom. The summed E-state index contributed by atoms with van der Waals surface area (Å²) in [6.07, 6.45) is 2.25. The number of carboxylic acids is 1. The van der Waals surface area contributed by atoms with Crippen molar-refractivity contribution in [1.82, 2.24) is 9.78 Å². The van der Waals surface area contributed by atoms with Crippen LogP contribution in [0.5, 0.6) is 11.5 Å². The molecule has 2 aliphatic heterocycles. The molecule has 2 saturated heterocycles. The molecule has 4 heterocycles. The highest BCUT2D eigenvalue weighted by molar-refractivity contribution is 7.22. The molecule has 57 heavy (non-hydrogen) atoms. The zero-order valence-electron chi connectivity index (χ0n) is 31.5. The molecule has 12 nitrogen and oxygen atoms in total. The summed E-state index contributed by atoms with van der Waals surface area (Å²) in [5.41, 5.74) is 2.61. The third-order valence-corrected chi connectivity index (χ3v) is 14.3. The molecule has 0 bridgehead atoms. The van der Waals surface area contributed by atoms with Gasteiger partial charge in [0.1, 0.15) is 28.6 Å². The number of hydrogen-bond acceptors (Lipinski definition) is 9. The molecule has 6 unspecified atom stereocenters. The molecular weight excluding hydrogens is 768 g/mol. The Morgan fingerprint density at radius 2 is 1.63 bits per heavy atom. The molecule has 2 aliphatic carbocycles. The number of phenolic OH excluding ortho intramolecular Hbond substituents is 1. The van der Waals surface area contributed by atoms with E-state index in [1.165, 1.54) is 15.6 Å². The number of benzene rings is 3. The minimum Gasteiger partial charge on any atom is -0.507 e. The lowest BCUT2D eigenvalue weighted by molar-refractivity contribution is -0.131. The molecule has 3 N–H and O–H groups in total. The van der Waals surface area contributed by atoms with Crippen LogP contribution in [0.4, 0.5) is 11.5 Å². The van der Waals surface area contributed by atoms with E-state index in [0.29, 0.717) is 33.2 Å². The number of hydrogen-bond donors (Lipinski definition) is 3. The highest BCUT2D eigenvalue weighted by Crippen LogP contribution is 2.64. The van der Waals surface area contributed by atoms with E-state index in [2.05, 4.69) is 0 Å². The summed E-state index contributed by atoms with van der Waals surface area (Å²) < 4.78 is 2.56. The molecule has 290 valence electrons. The molecule has 1 saturated carbocycles. The average Bonchev–Trinajstić information content (AvgIpc) is 3.83. The third-order valence-electron chi connectivity index (χ3n) is 12.8. The predicted octanol–water partition coefficient (Wildman–Crippen LogP) is 7.43. The molecular formula is C43H37ClN4O8S. The SMILES string of the molecule is Cc1cc(C2C3=CCC4C(=O)N(c5ccc(C(=O)O)c(O)c5)C(=O)C4C3CC3C(=O)N(c4cc(-c5sc6ccc(Cl)cc6c5C)nn4C)C(=O)C32C)cc(C)c1O. The number of fused-ring (bicyclic) bond motifs is 5. The Balaban J connectivity index is 1.15. The number of imide groups is 2. The minimum atomic E-state index is -1.36. The van der Waals surface area contributed by atoms with Gasteiger partial charge in [-0.05, 0) is 104 Å². The zero-order chi connectivity index (χ0) is 40.6. The van der Waals surface area contributed by atoms with Crippen LogP contribution in [-0.4, -0.2) is 54.7 Å². The number of anilines is 2. The van der Waals surface area contributed by atoms with Crippen molar-refractivity contribution in [2.45, 2.75) is 46.5 Å². The summed E-state index contributed by atoms with van der Waals surface area (Å²) in [4.78, 5) is 73.3. The Hall–Kier alpha value is -5.79. The van der Waals surface area contributed by atoms with E-state index in [-0.39, 0.29) is 29.8 Å². The normalized spacial score (nSPS) is 25.6. The van der Waals surface area contributed by atoms with Crippen molar-refractivity contribution in [2.24, 2.45) is 36.1 Å². The number of carbonyl (C=O) groups is 5. The Morgan fingerprint density at radius 3 is 2.32 bits per heavy atom. The maximum Gasteiger partial charge on any atom is 0.339 e. The number of phenols is 2. The quantitative estimate of drug-likeness (QED) is 0.121. The number of aryl methyl sites for hydroxylation is 4. The van der Waals surface area contributed by atoms with Crippen LogP contribution in [-0.2, 0) is 26.2 Å². The van der Waals surface area contributed by atoms with Crippen molar-refractivity contribution < 1.29 is 39.3 Å². The van der Waals surface area contributed by atoms with Gasteiger partial charge in [-0.3, -0.25) is 23.9 Å². The highest BCUT2D eigenvalue weighted by Gasteiger charge is 2.68. The van der Waals surface area contributed by atoms with Crippen LogP contribution in [0.2, 0.25) is 5.02 Å². The van der Waals surface area contributed by atoms with Crippen LogP contribution in [0.1, 0.15) is 58.3 Å². The second kappa shape index (κ2) is 12.6. The van der Waals surface area contributed by atoms with Crippen LogP contribution in [0.3, 0.4) is 0 Å². The van der Waals surface area contributed by atoms with Crippen molar-refractivity contribution >= 4 is 74.1 Å². The molecule has 9 rings (SSSR count). The third kappa shape index (κ3) is 5.10. The first-order valence-corrected chi connectivity index (χ1v) is 19.8. The molecule has 0 spiro atoms. The van der Waals surface area contributed by atoms with Gasteiger partial charge >= 0.3 is 5.97 Å². The van der Waals surface area contributed by atoms with Crippen LogP contribution >= 0.6 is 22.9 Å². The standard InChI is InChI=1S/C43H37ClN4O8S/c1-18-12-21(13-19(2)36(18)50)35-24-9-10-26-34(40(53)47(38(26)51)23-7-8-25(41(54)55)31(49)15-23)28(24)16-29-39(52)48(42(56)43(29,35)4)33-17-30(45-46(33)5)37-20(3)27-14-22(44)6-11-32(27)57-37/h6-9,11-15,17,26,28-29,34-35,49-50H,10,16H2,1-5H3,(H,54,55). The maximum absolute atomic E-state index is 15.2. The predicted molar refractivity (Wildman–Crippen MR) is 214 cm³/mol. The second-order valence-corrected chi connectivity index (χ2v) is 17.4. The molecule has 2 aromatic heterocycles. The lowest BCUT2D eigenvalue weighted by Crippen LogP contribution is -2.49. The van der Waals surface area contributed by atoms with Crippen molar-refractivity contribution in [1.29, 1.82) is 0 Å². The number of rotatable bonds is 5. The number of allylic oxidation sites excluding steroid dienone is 2. The average molecular weight is 805 g/mol. The van der Waals surface area contributed by atoms with Crippen molar-refractivity contribution in [3.05, 3.63) is 99.1 Å². The Kier molecular flexibility index (Phi) is 8.14. The van der Waals surface area contributed by atoms with Gasteiger partial charge in [-0.25, -0.2) is 14.6 Å². The van der Waals surface area contributed by atoms with Crippen LogP contribution in [0, 0.1) is 49.9 Å². The Bertz CT molecular complexity index is 2690. The number of carbonyl (C=O) groups excluding carboxylic acids is 4. The van der Waals surface area contributed by atoms with Crippen LogP contribution < -0.4 is 9.80 Å². The molecule has 14 heteroatoms. The van der Waals surface area contributed by atoms with Gasteiger partial charge < -0.3 is 15.3 Å². The van der Waals surface area contributed by atoms with Crippen molar-refractivity contribution in [2.75, 3.05) is 9.80 Å². The van der Waals surface area contributed by atoms with E-state index < -0.39 is 70.4 Å². The number of nitrogens with zero attached hydrogens (tertiary/aromatic N) is 4. The molecule has 3 aromatic carbocycles. The van der Waals surface area contributed by atoms with E-state index in [9.17, 15) is 34.5 Å². The van der Waals surface area contributed by atoms with Crippen LogP contribution in [0.25, 0.3) is 20.7 Å².